The second-order valence-electron chi connectivity index (χ2n) is 4.98. The second kappa shape index (κ2) is 6.85. The highest BCUT2D eigenvalue weighted by Crippen LogP contribution is 2.16. The summed E-state index contributed by atoms with van der Waals surface area (Å²) in [6.07, 6.45) is 0.750. The van der Waals surface area contributed by atoms with Crippen LogP contribution in [-0.2, 0) is 17.7 Å². The molecule has 2 heterocycles. The molecule has 7 heteroatoms. The monoisotopic (exact) mass is 317 g/mol. The summed E-state index contributed by atoms with van der Waals surface area (Å²) in [7, 11) is 1.68. The van der Waals surface area contributed by atoms with Gasteiger partial charge in [0.15, 0.2) is 0 Å². The Morgan fingerprint density at radius 2 is 2.14 bits per heavy atom. The van der Waals surface area contributed by atoms with Gasteiger partial charge in [0, 0.05) is 38.2 Å². The molecule has 0 aliphatic carbocycles. The van der Waals surface area contributed by atoms with Crippen molar-refractivity contribution in [2.24, 2.45) is 0 Å². The predicted octanol–water partition coefficient (Wildman–Crippen LogP) is 2.50. The summed E-state index contributed by atoms with van der Waals surface area (Å²) < 4.78 is 11.6. The Kier molecular flexibility index (Phi) is 4.65. The second-order valence-corrected chi connectivity index (χ2v) is 5.74. The lowest BCUT2D eigenvalue weighted by Gasteiger charge is -2.07. The molecule has 0 unspecified atom stereocenters. The van der Waals surface area contributed by atoms with E-state index in [2.05, 4.69) is 30.3 Å². The molecule has 3 aromatic rings. The Labute approximate surface area is 133 Å². The van der Waals surface area contributed by atoms with Crippen LogP contribution in [0.3, 0.4) is 0 Å². The Morgan fingerprint density at radius 1 is 1.27 bits per heavy atom. The number of nitrogens with zero attached hydrogens (tertiary/aromatic N) is 4. The summed E-state index contributed by atoms with van der Waals surface area (Å²) in [6.45, 7) is 4.32. The van der Waals surface area contributed by atoms with Crippen molar-refractivity contribution in [3.8, 4) is 0 Å². The van der Waals surface area contributed by atoms with Crippen LogP contribution in [0.1, 0.15) is 11.6 Å². The van der Waals surface area contributed by atoms with E-state index >= 15 is 0 Å². The summed E-state index contributed by atoms with van der Waals surface area (Å²) in [5.41, 5.74) is 2.21. The van der Waals surface area contributed by atoms with Gasteiger partial charge in [-0.1, -0.05) is 12.1 Å². The van der Waals surface area contributed by atoms with Gasteiger partial charge >= 0.3 is 0 Å². The van der Waals surface area contributed by atoms with Crippen LogP contribution in [0.4, 0.5) is 5.13 Å². The summed E-state index contributed by atoms with van der Waals surface area (Å²) in [6, 6.07) is 8.20. The standard InChI is InChI=1S/C15H19N5OS/c1-11-17-12-5-3-4-6-13(12)20(11)9-8-16-15-18-14(19-22-15)7-10-21-2/h3-6H,7-10H2,1-2H3,(H,16,18,19). The molecular formula is C15H19N5OS. The van der Waals surface area contributed by atoms with E-state index in [-0.39, 0.29) is 0 Å². The zero-order valence-corrected chi connectivity index (χ0v) is 13.6. The SMILES string of the molecule is COCCc1nsc(NCCn2c(C)nc3ccccc32)n1. The number of nitrogens with one attached hydrogen (secondary N) is 1. The number of aryl methyl sites for hydroxylation is 1. The highest BCUT2D eigenvalue weighted by Gasteiger charge is 2.07. The number of aromatic nitrogens is 4. The molecule has 0 atom stereocenters. The first kappa shape index (κ1) is 14.9. The molecule has 6 nitrogen and oxygen atoms in total. The maximum Gasteiger partial charge on any atom is 0.202 e. The number of methoxy groups -OCH3 is 1. The van der Waals surface area contributed by atoms with Crippen molar-refractivity contribution >= 4 is 27.7 Å². The number of ether oxygens (including phenoxy) is 1. The molecule has 2 aromatic heterocycles. The molecule has 0 radical (unpaired) electrons. The third-order valence-electron chi connectivity index (χ3n) is 3.45. The third-order valence-corrected chi connectivity index (χ3v) is 4.17. The molecule has 0 saturated carbocycles. The number of fused-ring (bicyclic) bond motifs is 1. The molecule has 3 rings (SSSR count). The highest BCUT2D eigenvalue weighted by atomic mass is 32.1. The van der Waals surface area contributed by atoms with Crippen molar-refractivity contribution < 1.29 is 4.74 Å². The molecule has 0 aliphatic heterocycles. The number of imidazole rings is 1. The number of hydrogen-bond donors (Lipinski definition) is 1. The largest absolute Gasteiger partial charge is 0.384 e. The Morgan fingerprint density at radius 3 is 3.00 bits per heavy atom. The minimum Gasteiger partial charge on any atom is -0.384 e. The molecule has 1 N–H and O–H groups in total. The van der Waals surface area contributed by atoms with E-state index in [1.807, 2.05) is 25.1 Å². The summed E-state index contributed by atoms with van der Waals surface area (Å²) in [5, 5.41) is 4.18. The van der Waals surface area contributed by atoms with Crippen molar-refractivity contribution in [1.29, 1.82) is 0 Å². The van der Waals surface area contributed by atoms with E-state index in [1.165, 1.54) is 17.0 Å². The molecule has 22 heavy (non-hydrogen) atoms. The first-order chi connectivity index (χ1) is 10.8. The summed E-state index contributed by atoms with van der Waals surface area (Å²) in [4.78, 5) is 9.02. The van der Waals surface area contributed by atoms with Gasteiger partial charge in [0.1, 0.15) is 11.6 Å². The van der Waals surface area contributed by atoms with Gasteiger partial charge in [0.25, 0.3) is 0 Å². The number of para-hydroxylation sites is 2. The van der Waals surface area contributed by atoms with Crippen molar-refractivity contribution in [2.45, 2.75) is 19.9 Å². The van der Waals surface area contributed by atoms with Crippen molar-refractivity contribution in [3.63, 3.8) is 0 Å². The fourth-order valence-electron chi connectivity index (χ4n) is 2.37. The minimum absolute atomic E-state index is 0.649. The van der Waals surface area contributed by atoms with Gasteiger partial charge < -0.3 is 14.6 Å². The third kappa shape index (κ3) is 3.26. The maximum atomic E-state index is 5.03. The van der Waals surface area contributed by atoms with Crippen molar-refractivity contribution in [3.05, 3.63) is 35.9 Å². The Bertz CT molecular complexity index is 751. The molecule has 0 amide bonds. The number of rotatable bonds is 7. The number of hydrogen-bond acceptors (Lipinski definition) is 6. The molecule has 0 spiro atoms. The van der Waals surface area contributed by atoms with Crippen molar-refractivity contribution in [1.82, 2.24) is 18.9 Å². The molecule has 0 saturated heterocycles. The van der Waals surface area contributed by atoms with E-state index in [0.29, 0.717) is 6.61 Å². The van der Waals surface area contributed by atoms with Gasteiger partial charge in [0.05, 0.1) is 17.6 Å². The average molecular weight is 317 g/mol. The molecule has 0 bridgehead atoms. The molecular weight excluding hydrogens is 298 g/mol. The quantitative estimate of drug-likeness (QED) is 0.725. The summed E-state index contributed by atoms with van der Waals surface area (Å²) in [5.74, 6) is 1.86. The lowest BCUT2D eigenvalue weighted by Crippen LogP contribution is -2.11. The predicted molar refractivity (Wildman–Crippen MR) is 88.4 cm³/mol. The average Bonchev–Trinajstić information content (AvgIpc) is 3.10. The van der Waals surface area contributed by atoms with Crippen LogP contribution in [0.25, 0.3) is 11.0 Å². The Hall–Kier alpha value is -1.99. The van der Waals surface area contributed by atoms with Gasteiger partial charge in [-0.2, -0.15) is 4.37 Å². The number of anilines is 1. The molecule has 1 aromatic carbocycles. The molecule has 0 fully saturated rings. The Balaban J connectivity index is 1.60. The van der Waals surface area contributed by atoms with Gasteiger partial charge in [0.2, 0.25) is 5.13 Å². The number of benzene rings is 1. The van der Waals surface area contributed by atoms with E-state index in [0.717, 1.165) is 41.8 Å². The first-order valence-electron chi connectivity index (χ1n) is 7.25. The maximum absolute atomic E-state index is 5.03. The smallest absolute Gasteiger partial charge is 0.202 e. The van der Waals surface area contributed by atoms with E-state index in [4.69, 9.17) is 4.74 Å². The van der Waals surface area contributed by atoms with Gasteiger partial charge in [-0.05, 0) is 19.1 Å². The zero-order chi connectivity index (χ0) is 15.4. The van der Waals surface area contributed by atoms with Crippen LogP contribution in [0.5, 0.6) is 0 Å². The van der Waals surface area contributed by atoms with Gasteiger partial charge in [-0.25, -0.2) is 9.97 Å². The summed E-state index contributed by atoms with van der Waals surface area (Å²) >= 11 is 1.39. The van der Waals surface area contributed by atoms with Crippen LogP contribution in [0.15, 0.2) is 24.3 Å². The molecule has 116 valence electrons. The zero-order valence-electron chi connectivity index (χ0n) is 12.7. The van der Waals surface area contributed by atoms with Crippen LogP contribution >= 0.6 is 11.5 Å². The topological polar surface area (TPSA) is 64.9 Å². The molecule has 0 aliphatic rings. The lowest BCUT2D eigenvalue weighted by molar-refractivity contribution is 0.201. The minimum atomic E-state index is 0.649. The van der Waals surface area contributed by atoms with Crippen LogP contribution in [-0.4, -0.2) is 39.2 Å². The van der Waals surface area contributed by atoms with Crippen LogP contribution < -0.4 is 5.32 Å². The fraction of sp³-hybridized carbons (Fsp3) is 0.400. The first-order valence-corrected chi connectivity index (χ1v) is 8.02. The van der Waals surface area contributed by atoms with Crippen molar-refractivity contribution in [2.75, 3.05) is 25.6 Å². The highest BCUT2D eigenvalue weighted by molar-refractivity contribution is 7.09. The van der Waals surface area contributed by atoms with E-state index in [9.17, 15) is 0 Å². The van der Waals surface area contributed by atoms with Gasteiger partial charge in [-0.3, -0.25) is 0 Å². The normalized spacial score (nSPS) is 11.2. The van der Waals surface area contributed by atoms with E-state index in [1.54, 1.807) is 7.11 Å². The van der Waals surface area contributed by atoms with Crippen LogP contribution in [0, 0.1) is 6.92 Å². The van der Waals surface area contributed by atoms with Gasteiger partial charge in [-0.15, -0.1) is 0 Å². The van der Waals surface area contributed by atoms with Crippen LogP contribution in [0.2, 0.25) is 0 Å². The fourth-order valence-corrected chi connectivity index (χ4v) is 3.01. The lowest BCUT2D eigenvalue weighted by atomic mass is 10.3. The van der Waals surface area contributed by atoms with E-state index < -0.39 is 0 Å².